The molecule has 1 heterocycles. The zero-order valence-electron chi connectivity index (χ0n) is 10.3. The monoisotopic (exact) mass is 276 g/mol. The average molecular weight is 276 g/mol. The van der Waals surface area contributed by atoms with E-state index in [0.29, 0.717) is 16.8 Å². The van der Waals surface area contributed by atoms with Gasteiger partial charge in [0.15, 0.2) is 5.58 Å². The summed E-state index contributed by atoms with van der Waals surface area (Å²) >= 11 is 0. The summed E-state index contributed by atoms with van der Waals surface area (Å²) in [6, 6.07) is 7.80. The normalized spacial score (nSPS) is 11.1. The Balaban J connectivity index is 2.15. The van der Waals surface area contributed by atoms with E-state index in [-0.39, 0.29) is 12.1 Å². The lowest BCUT2D eigenvalue weighted by molar-refractivity contribution is 0.510. The van der Waals surface area contributed by atoms with E-state index in [0.717, 1.165) is 18.2 Å². The van der Waals surface area contributed by atoms with Crippen molar-refractivity contribution in [2.45, 2.75) is 6.54 Å². The number of benzene rings is 2. The van der Waals surface area contributed by atoms with Gasteiger partial charge in [-0.1, -0.05) is 0 Å². The van der Waals surface area contributed by atoms with Crippen molar-refractivity contribution in [2.75, 3.05) is 5.73 Å². The molecule has 0 aliphatic heterocycles. The number of hydrogen-bond acceptors (Lipinski definition) is 3. The molecule has 0 fully saturated rings. The molecule has 0 bridgehead atoms. The highest BCUT2D eigenvalue weighted by atomic mass is 19.1. The van der Waals surface area contributed by atoms with Crippen molar-refractivity contribution < 1.29 is 13.2 Å². The molecule has 0 aliphatic rings. The molecule has 4 nitrogen and oxygen atoms in total. The Kier molecular flexibility index (Phi) is 2.78. The molecular formula is C14H10F2N2O2. The molecule has 0 unspecified atom stereocenters. The molecule has 3 aromatic rings. The van der Waals surface area contributed by atoms with Crippen LogP contribution in [0.3, 0.4) is 0 Å². The van der Waals surface area contributed by atoms with E-state index in [9.17, 15) is 13.6 Å². The number of rotatable bonds is 2. The first-order valence-corrected chi connectivity index (χ1v) is 5.87. The molecule has 0 amide bonds. The van der Waals surface area contributed by atoms with Crippen molar-refractivity contribution >= 4 is 16.8 Å². The maximum Gasteiger partial charge on any atom is 0.420 e. The topological polar surface area (TPSA) is 61.2 Å². The summed E-state index contributed by atoms with van der Waals surface area (Å²) in [5, 5.41) is 0. The van der Waals surface area contributed by atoms with E-state index in [1.165, 1.54) is 4.57 Å². The van der Waals surface area contributed by atoms with Crippen molar-refractivity contribution in [3.63, 3.8) is 0 Å². The van der Waals surface area contributed by atoms with Crippen LogP contribution in [0.2, 0.25) is 0 Å². The maximum atomic E-state index is 13.6. The number of halogens is 2. The average Bonchev–Trinajstić information content (AvgIpc) is 2.70. The summed E-state index contributed by atoms with van der Waals surface area (Å²) in [7, 11) is 0. The zero-order chi connectivity index (χ0) is 14.3. The standard InChI is InChI=1S/C14H10F2N2O2/c15-9-1-3-11(16)8(5-9)7-18-12-6-10(17)2-4-13(12)20-14(18)19/h1-6H,7,17H2. The minimum Gasteiger partial charge on any atom is -0.408 e. The van der Waals surface area contributed by atoms with Gasteiger partial charge in [0.1, 0.15) is 11.6 Å². The molecule has 6 heteroatoms. The molecule has 2 N–H and O–H groups in total. The third-order valence-electron chi connectivity index (χ3n) is 3.03. The third kappa shape index (κ3) is 2.05. The van der Waals surface area contributed by atoms with Gasteiger partial charge in [0.05, 0.1) is 12.1 Å². The van der Waals surface area contributed by atoms with E-state index >= 15 is 0 Å². The van der Waals surface area contributed by atoms with Gasteiger partial charge in [-0.2, -0.15) is 0 Å². The number of oxazole rings is 1. The highest BCUT2D eigenvalue weighted by Crippen LogP contribution is 2.18. The smallest absolute Gasteiger partial charge is 0.408 e. The number of nitrogen functional groups attached to an aromatic ring is 1. The van der Waals surface area contributed by atoms with Crippen molar-refractivity contribution in [3.8, 4) is 0 Å². The molecule has 0 atom stereocenters. The Morgan fingerprint density at radius 3 is 2.75 bits per heavy atom. The van der Waals surface area contributed by atoms with Gasteiger partial charge in [0, 0.05) is 11.3 Å². The maximum absolute atomic E-state index is 13.6. The van der Waals surface area contributed by atoms with Gasteiger partial charge in [-0.05, 0) is 36.4 Å². The molecule has 0 saturated carbocycles. The lowest BCUT2D eigenvalue weighted by atomic mass is 10.2. The second-order valence-electron chi connectivity index (χ2n) is 4.42. The van der Waals surface area contributed by atoms with Gasteiger partial charge in [-0.3, -0.25) is 4.57 Å². The summed E-state index contributed by atoms with van der Waals surface area (Å²) < 4.78 is 33.0. The molecular weight excluding hydrogens is 266 g/mol. The van der Waals surface area contributed by atoms with Crippen molar-refractivity contribution in [1.29, 1.82) is 0 Å². The molecule has 102 valence electrons. The van der Waals surface area contributed by atoms with Crippen molar-refractivity contribution in [1.82, 2.24) is 4.57 Å². The Morgan fingerprint density at radius 2 is 1.95 bits per heavy atom. The van der Waals surface area contributed by atoms with E-state index in [1.54, 1.807) is 18.2 Å². The van der Waals surface area contributed by atoms with Crippen LogP contribution in [0.5, 0.6) is 0 Å². The van der Waals surface area contributed by atoms with E-state index in [1.807, 2.05) is 0 Å². The van der Waals surface area contributed by atoms with Gasteiger partial charge >= 0.3 is 5.76 Å². The largest absolute Gasteiger partial charge is 0.420 e. The molecule has 20 heavy (non-hydrogen) atoms. The Labute approximate surface area is 112 Å². The second kappa shape index (κ2) is 4.48. The number of anilines is 1. The van der Waals surface area contributed by atoms with Crippen LogP contribution in [0.1, 0.15) is 5.56 Å². The first kappa shape index (κ1) is 12.4. The number of hydrogen-bond donors (Lipinski definition) is 1. The summed E-state index contributed by atoms with van der Waals surface area (Å²) in [6.45, 7) is -0.126. The van der Waals surface area contributed by atoms with Gasteiger partial charge < -0.3 is 10.2 Å². The van der Waals surface area contributed by atoms with E-state index < -0.39 is 17.4 Å². The molecule has 0 saturated heterocycles. The van der Waals surface area contributed by atoms with Crippen LogP contribution in [0.25, 0.3) is 11.1 Å². The van der Waals surface area contributed by atoms with Gasteiger partial charge in [-0.15, -0.1) is 0 Å². The quantitative estimate of drug-likeness (QED) is 0.731. The van der Waals surface area contributed by atoms with Gasteiger partial charge in [-0.25, -0.2) is 13.6 Å². The first-order valence-electron chi connectivity index (χ1n) is 5.87. The third-order valence-corrected chi connectivity index (χ3v) is 3.03. The van der Waals surface area contributed by atoms with Crippen LogP contribution in [-0.4, -0.2) is 4.57 Å². The van der Waals surface area contributed by atoms with Crippen LogP contribution >= 0.6 is 0 Å². The Hall–Kier alpha value is -2.63. The fourth-order valence-electron chi connectivity index (χ4n) is 2.06. The lowest BCUT2D eigenvalue weighted by Crippen LogP contribution is -2.15. The molecule has 2 aromatic carbocycles. The molecule has 1 aromatic heterocycles. The number of nitrogens with two attached hydrogens (primary N) is 1. The van der Waals surface area contributed by atoms with Crippen LogP contribution in [-0.2, 0) is 6.54 Å². The van der Waals surface area contributed by atoms with Gasteiger partial charge in [0.25, 0.3) is 0 Å². The summed E-state index contributed by atoms with van der Waals surface area (Å²) in [5.41, 5.74) is 6.97. The summed E-state index contributed by atoms with van der Waals surface area (Å²) in [4.78, 5) is 11.8. The zero-order valence-corrected chi connectivity index (χ0v) is 10.3. The SMILES string of the molecule is Nc1ccc2oc(=O)n(Cc3cc(F)ccc3F)c2c1. The minimum atomic E-state index is -0.644. The Morgan fingerprint density at radius 1 is 1.15 bits per heavy atom. The van der Waals surface area contributed by atoms with Crippen LogP contribution in [0.4, 0.5) is 14.5 Å². The molecule has 0 radical (unpaired) electrons. The molecule has 3 rings (SSSR count). The molecule has 0 aliphatic carbocycles. The first-order chi connectivity index (χ1) is 9.54. The van der Waals surface area contributed by atoms with Crippen LogP contribution < -0.4 is 11.5 Å². The lowest BCUT2D eigenvalue weighted by Gasteiger charge is -2.04. The van der Waals surface area contributed by atoms with E-state index in [4.69, 9.17) is 10.2 Å². The molecule has 0 spiro atoms. The number of fused-ring (bicyclic) bond motifs is 1. The van der Waals surface area contributed by atoms with E-state index in [2.05, 4.69) is 0 Å². The fraction of sp³-hybridized carbons (Fsp3) is 0.0714. The Bertz CT molecular complexity index is 852. The summed E-state index contributed by atoms with van der Waals surface area (Å²) in [5.74, 6) is -1.80. The van der Waals surface area contributed by atoms with Crippen LogP contribution in [0, 0.1) is 11.6 Å². The van der Waals surface area contributed by atoms with Crippen molar-refractivity contribution in [2.24, 2.45) is 0 Å². The van der Waals surface area contributed by atoms with Gasteiger partial charge in [0.2, 0.25) is 0 Å². The van der Waals surface area contributed by atoms with Crippen LogP contribution in [0.15, 0.2) is 45.6 Å². The van der Waals surface area contributed by atoms with Crippen molar-refractivity contribution in [3.05, 3.63) is 64.1 Å². The highest BCUT2D eigenvalue weighted by molar-refractivity contribution is 5.77. The predicted octanol–water partition coefficient (Wildman–Crippen LogP) is 2.50. The fourth-order valence-corrected chi connectivity index (χ4v) is 2.06. The number of aromatic nitrogens is 1. The minimum absolute atomic E-state index is 0.0669. The summed E-state index contributed by atoms with van der Waals surface area (Å²) in [6.07, 6.45) is 0. The highest BCUT2D eigenvalue weighted by Gasteiger charge is 2.12. The second-order valence-corrected chi connectivity index (χ2v) is 4.42. The predicted molar refractivity (Wildman–Crippen MR) is 70.3 cm³/mol. The number of nitrogens with zero attached hydrogens (tertiary/aromatic N) is 1.